The van der Waals surface area contributed by atoms with Crippen LogP contribution in [0.5, 0.6) is 0 Å². The Morgan fingerprint density at radius 1 is 1.50 bits per heavy atom. The molecular formula is C14H21N3S. The van der Waals surface area contributed by atoms with Crippen LogP contribution in [0, 0.1) is 5.41 Å². The van der Waals surface area contributed by atoms with Gasteiger partial charge in [0.15, 0.2) is 0 Å². The van der Waals surface area contributed by atoms with Gasteiger partial charge in [0, 0.05) is 12.7 Å². The molecular weight excluding hydrogens is 242 g/mol. The summed E-state index contributed by atoms with van der Waals surface area (Å²) < 4.78 is 0. The number of hydrogen-bond acceptors (Lipinski definition) is 3. The zero-order valence-corrected chi connectivity index (χ0v) is 11.7. The van der Waals surface area contributed by atoms with Gasteiger partial charge in [-0.2, -0.15) is 0 Å². The minimum Gasteiger partial charge on any atom is -0.389 e. The van der Waals surface area contributed by atoms with Crippen LogP contribution in [0.1, 0.15) is 44.6 Å². The topological polar surface area (TPSA) is 50.9 Å². The molecule has 18 heavy (non-hydrogen) atoms. The molecule has 0 atom stereocenters. The van der Waals surface area contributed by atoms with Crippen molar-refractivity contribution in [3.63, 3.8) is 0 Å². The van der Waals surface area contributed by atoms with Crippen molar-refractivity contribution in [3.05, 3.63) is 23.9 Å². The van der Waals surface area contributed by atoms with Crippen LogP contribution in [0.2, 0.25) is 0 Å². The molecule has 0 spiro atoms. The summed E-state index contributed by atoms with van der Waals surface area (Å²) in [6.07, 6.45) is 8.31. The Morgan fingerprint density at radius 2 is 2.22 bits per heavy atom. The predicted octanol–water partition coefficient (Wildman–Crippen LogP) is 3.10. The molecule has 3 nitrogen and oxygen atoms in total. The third-order valence-corrected chi connectivity index (χ3v) is 4.34. The van der Waals surface area contributed by atoms with Gasteiger partial charge in [-0.25, -0.2) is 4.98 Å². The highest BCUT2D eigenvalue weighted by Crippen LogP contribution is 2.40. The SMILES string of the molecule is CCC1(CNc2ncccc2C(N)=S)CCCC1. The van der Waals surface area contributed by atoms with Crippen LogP contribution in [0.4, 0.5) is 5.82 Å². The third-order valence-electron chi connectivity index (χ3n) is 4.12. The van der Waals surface area contributed by atoms with Crippen molar-refractivity contribution in [2.75, 3.05) is 11.9 Å². The predicted molar refractivity (Wildman–Crippen MR) is 79.8 cm³/mol. The molecule has 0 unspecified atom stereocenters. The quantitative estimate of drug-likeness (QED) is 0.802. The van der Waals surface area contributed by atoms with E-state index in [0.29, 0.717) is 10.4 Å². The Labute approximate surface area is 114 Å². The number of hydrogen-bond donors (Lipinski definition) is 2. The highest BCUT2D eigenvalue weighted by molar-refractivity contribution is 7.80. The molecule has 98 valence electrons. The molecule has 1 aliphatic rings. The summed E-state index contributed by atoms with van der Waals surface area (Å²) >= 11 is 5.05. The first-order valence-electron chi connectivity index (χ1n) is 6.65. The minimum absolute atomic E-state index is 0.405. The van der Waals surface area contributed by atoms with Gasteiger partial charge < -0.3 is 11.1 Å². The van der Waals surface area contributed by atoms with Crippen LogP contribution < -0.4 is 11.1 Å². The molecule has 1 saturated carbocycles. The van der Waals surface area contributed by atoms with Gasteiger partial charge in [0.05, 0.1) is 5.56 Å². The molecule has 1 aliphatic carbocycles. The second-order valence-corrected chi connectivity index (χ2v) is 5.62. The maximum Gasteiger partial charge on any atom is 0.136 e. The number of aromatic nitrogens is 1. The van der Waals surface area contributed by atoms with Crippen molar-refractivity contribution in [2.24, 2.45) is 11.1 Å². The number of nitrogens with one attached hydrogen (secondary N) is 1. The van der Waals surface area contributed by atoms with Crippen LogP contribution in [0.15, 0.2) is 18.3 Å². The van der Waals surface area contributed by atoms with E-state index in [-0.39, 0.29) is 0 Å². The average Bonchev–Trinajstić information content (AvgIpc) is 2.86. The summed E-state index contributed by atoms with van der Waals surface area (Å²) in [4.78, 5) is 4.75. The summed E-state index contributed by atoms with van der Waals surface area (Å²) in [7, 11) is 0. The van der Waals surface area contributed by atoms with E-state index in [1.54, 1.807) is 6.20 Å². The smallest absolute Gasteiger partial charge is 0.136 e. The molecule has 1 aromatic rings. The fourth-order valence-corrected chi connectivity index (χ4v) is 2.96. The zero-order chi connectivity index (χ0) is 13.0. The third kappa shape index (κ3) is 2.80. The fraction of sp³-hybridized carbons (Fsp3) is 0.571. The molecule has 0 aromatic carbocycles. The molecule has 1 aromatic heterocycles. The molecule has 0 saturated heterocycles. The van der Waals surface area contributed by atoms with Gasteiger partial charge >= 0.3 is 0 Å². The lowest BCUT2D eigenvalue weighted by molar-refractivity contribution is 0.306. The Bertz CT molecular complexity index is 425. The van der Waals surface area contributed by atoms with E-state index in [9.17, 15) is 0 Å². The lowest BCUT2D eigenvalue weighted by atomic mass is 9.83. The first-order valence-corrected chi connectivity index (χ1v) is 7.06. The molecule has 2 rings (SSSR count). The minimum atomic E-state index is 0.405. The summed E-state index contributed by atoms with van der Waals surface area (Å²) in [5, 5.41) is 3.45. The second-order valence-electron chi connectivity index (χ2n) is 5.18. The number of thiocarbonyl (C=S) groups is 1. The molecule has 1 heterocycles. The van der Waals surface area contributed by atoms with E-state index in [1.165, 1.54) is 32.1 Å². The van der Waals surface area contributed by atoms with Gasteiger partial charge in [-0.05, 0) is 36.8 Å². The first kappa shape index (κ1) is 13.3. The van der Waals surface area contributed by atoms with Gasteiger partial charge in [0.1, 0.15) is 10.8 Å². The number of nitrogens with zero attached hydrogens (tertiary/aromatic N) is 1. The Morgan fingerprint density at radius 3 is 2.83 bits per heavy atom. The molecule has 0 bridgehead atoms. The molecule has 4 heteroatoms. The zero-order valence-electron chi connectivity index (χ0n) is 10.9. The maximum absolute atomic E-state index is 5.72. The fourth-order valence-electron chi connectivity index (χ4n) is 2.80. The van der Waals surface area contributed by atoms with Crippen LogP contribution in [-0.2, 0) is 0 Å². The molecule has 0 aliphatic heterocycles. The van der Waals surface area contributed by atoms with Gasteiger partial charge in [-0.1, -0.05) is 32.0 Å². The summed E-state index contributed by atoms with van der Waals surface area (Å²) in [6.45, 7) is 3.25. The van der Waals surface area contributed by atoms with Crippen molar-refractivity contribution < 1.29 is 0 Å². The standard InChI is InChI=1S/C14H21N3S/c1-2-14(7-3-4-8-14)10-17-13-11(12(15)18)6-5-9-16-13/h5-6,9H,2-4,7-8,10H2,1H3,(H2,15,18)(H,16,17). The van der Waals surface area contributed by atoms with E-state index in [0.717, 1.165) is 17.9 Å². The van der Waals surface area contributed by atoms with Crippen molar-refractivity contribution in [3.8, 4) is 0 Å². The van der Waals surface area contributed by atoms with E-state index in [2.05, 4.69) is 17.2 Å². The van der Waals surface area contributed by atoms with Crippen molar-refractivity contribution in [1.82, 2.24) is 4.98 Å². The van der Waals surface area contributed by atoms with E-state index in [4.69, 9.17) is 18.0 Å². The summed E-state index contributed by atoms with van der Waals surface area (Å²) in [5.74, 6) is 0.824. The Kier molecular flexibility index (Phi) is 4.17. The van der Waals surface area contributed by atoms with Crippen LogP contribution in [0.3, 0.4) is 0 Å². The van der Waals surface area contributed by atoms with Gasteiger partial charge in [0.2, 0.25) is 0 Å². The van der Waals surface area contributed by atoms with E-state index in [1.807, 2.05) is 12.1 Å². The monoisotopic (exact) mass is 263 g/mol. The molecule has 1 fully saturated rings. The lowest BCUT2D eigenvalue weighted by Crippen LogP contribution is -2.27. The number of anilines is 1. The van der Waals surface area contributed by atoms with Crippen LogP contribution >= 0.6 is 12.2 Å². The summed E-state index contributed by atoms with van der Waals surface area (Å²) in [6, 6.07) is 3.79. The average molecular weight is 263 g/mol. The maximum atomic E-state index is 5.72. The van der Waals surface area contributed by atoms with Crippen molar-refractivity contribution >= 4 is 23.0 Å². The Hall–Kier alpha value is -1.16. The Balaban J connectivity index is 2.08. The van der Waals surface area contributed by atoms with E-state index < -0.39 is 0 Å². The normalized spacial score (nSPS) is 17.6. The van der Waals surface area contributed by atoms with Crippen molar-refractivity contribution in [2.45, 2.75) is 39.0 Å². The van der Waals surface area contributed by atoms with Gasteiger partial charge in [-0.3, -0.25) is 0 Å². The second kappa shape index (κ2) is 5.65. The van der Waals surface area contributed by atoms with Crippen LogP contribution in [0.25, 0.3) is 0 Å². The highest BCUT2D eigenvalue weighted by Gasteiger charge is 2.31. The molecule has 3 N–H and O–H groups in total. The van der Waals surface area contributed by atoms with Gasteiger partial charge in [0.25, 0.3) is 0 Å². The molecule has 0 amide bonds. The molecule has 0 radical (unpaired) electrons. The highest BCUT2D eigenvalue weighted by atomic mass is 32.1. The first-order chi connectivity index (χ1) is 8.67. The largest absolute Gasteiger partial charge is 0.389 e. The summed E-state index contributed by atoms with van der Waals surface area (Å²) in [5.41, 5.74) is 6.99. The van der Waals surface area contributed by atoms with Gasteiger partial charge in [-0.15, -0.1) is 0 Å². The number of rotatable bonds is 5. The lowest BCUT2D eigenvalue weighted by Gasteiger charge is -2.28. The van der Waals surface area contributed by atoms with Crippen LogP contribution in [-0.4, -0.2) is 16.5 Å². The van der Waals surface area contributed by atoms with E-state index >= 15 is 0 Å². The van der Waals surface area contributed by atoms with Crippen molar-refractivity contribution in [1.29, 1.82) is 0 Å². The number of nitrogens with two attached hydrogens (primary N) is 1. The number of pyridine rings is 1.